The topological polar surface area (TPSA) is 17.1 Å². The lowest BCUT2D eigenvalue weighted by atomic mass is 10.2. The van der Waals surface area contributed by atoms with Gasteiger partial charge in [0.1, 0.15) is 0 Å². The first-order valence-corrected chi connectivity index (χ1v) is 6.87. The molecule has 0 radical (unpaired) electrons. The molecule has 0 aliphatic rings. The fraction of sp³-hybridized carbons (Fsp3) is 0.182. The van der Waals surface area contributed by atoms with Crippen molar-refractivity contribution >= 4 is 44.4 Å². The zero-order chi connectivity index (χ0) is 11.0. The molecular formula is C11H9BrOS2. The van der Waals surface area contributed by atoms with Crippen LogP contribution >= 0.6 is 38.6 Å². The van der Waals surface area contributed by atoms with E-state index >= 15 is 0 Å². The first kappa shape index (κ1) is 11.0. The van der Waals surface area contributed by atoms with Crippen LogP contribution in [0.1, 0.15) is 25.0 Å². The number of rotatable bonds is 2. The van der Waals surface area contributed by atoms with Crippen molar-refractivity contribution in [1.29, 1.82) is 0 Å². The van der Waals surface area contributed by atoms with Gasteiger partial charge in [0, 0.05) is 4.88 Å². The van der Waals surface area contributed by atoms with Gasteiger partial charge in [-0.2, -0.15) is 0 Å². The molecule has 0 aromatic carbocycles. The quantitative estimate of drug-likeness (QED) is 0.750. The second-order valence-corrected chi connectivity index (χ2v) is 6.96. The fourth-order valence-corrected chi connectivity index (χ4v) is 3.63. The van der Waals surface area contributed by atoms with Crippen molar-refractivity contribution < 1.29 is 4.79 Å². The van der Waals surface area contributed by atoms with E-state index in [1.54, 1.807) is 11.3 Å². The highest BCUT2D eigenvalue weighted by Crippen LogP contribution is 2.30. The third-order valence-electron chi connectivity index (χ3n) is 2.05. The summed E-state index contributed by atoms with van der Waals surface area (Å²) in [5.41, 5.74) is 1.12. The van der Waals surface area contributed by atoms with Gasteiger partial charge in [-0.1, -0.05) is 0 Å². The molecule has 0 unspecified atom stereocenters. The lowest BCUT2D eigenvalue weighted by Crippen LogP contribution is -1.93. The van der Waals surface area contributed by atoms with Crippen molar-refractivity contribution in [3.63, 3.8) is 0 Å². The molecule has 0 saturated heterocycles. The van der Waals surface area contributed by atoms with Crippen molar-refractivity contribution in [3.8, 4) is 0 Å². The normalized spacial score (nSPS) is 10.6. The SMILES string of the molecule is Cc1ccc(C(=O)c2cc(C)c(Br)s2)s1. The van der Waals surface area contributed by atoms with E-state index in [0.29, 0.717) is 0 Å². The average Bonchev–Trinajstić information content (AvgIpc) is 2.74. The van der Waals surface area contributed by atoms with Crippen molar-refractivity contribution in [3.05, 3.63) is 42.2 Å². The van der Waals surface area contributed by atoms with Crippen molar-refractivity contribution in [1.82, 2.24) is 0 Å². The zero-order valence-corrected chi connectivity index (χ0v) is 11.6. The molecular weight excluding hydrogens is 292 g/mol. The lowest BCUT2D eigenvalue weighted by Gasteiger charge is -1.90. The zero-order valence-electron chi connectivity index (χ0n) is 8.33. The summed E-state index contributed by atoms with van der Waals surface area (Å²) in [5, 5.41) is 0. The molecule has 2 aromatic rings. The second-order valence-electron chi connectivity index (χ2n) is 3.31. The van der Waals surface area contributed by atoms with Gasteiger partial charge >= 0.3 is 0 Å². The number of hydrogen-bond acceptors (Lipinski definition) is 3. The molecule has 4 heteroatoms. The predicted molar refractivity (Wildman–Crippen MR) is 69.2 cm³/mol. The van der Waals surface area contributed by atoms with Crippen LogP contribution in [-0.4, -0.2) is 5.78 Å². The van der Waals surface area contributed by atoms with Gasteiger partial charge in [-0.15, -0.1) is 22.7 Å². The molecule has 0 spiro atoms. The Morgan fingerprint density at radius 1 is 1.20 bits per heavy atom. The first-order valence-electron chi connectivity index (χ1n) is 4.45. The van der Waals surface area contributed by atoms with Gasteiger partial charge < -0.3 is 0 Å². The molecule has 0 N–H and O–H groups in total. The summed E-state index contributed by atoms with van der Waals surface area (Å²) in [6.45, 7) is 4.01. The molecule has 15 heavy (non-hydrogen) atoms. The monoisotopic (exact) mass is 300 g/mol. The molecule has 2 rings (SSSR count). The van der Waals surface area contributed by atoms with Gasteiger partial charge in [-0.3, -0.25) is 4.79 Å². The number of halogens is 1. The maximum Gasteiger partial charge on any atom is 0.212 e. The second kappa shape index (κ2) is 4.20. The Kier molecular flexibility index (Phi) is 3.09. The molecule has 1 nitrogen and oxygen atoms in total. The number of ketones is 1. The van der Waals surface area contributed by atoms with Gasteiger partial charge in [-0.25, -0.2) is 0 Å². The number of hydrogen-bond donors (Lipinski definition) is 0. The highest BCUT2D eigenvalue weighted by Gasteiger charge is 2.14. The lowest BCUT2D eigenvalue weighted by molar-refractivity contribution is 0.104. The Morgan fingerprint density at radius 2 is 1.93 bits per heavy atom. The van der Waals surface area contributed by atoms with Crippen molar-refractivity contribution in [2.24, 2.45) is 0 Å². The summed E-state index contributed by atoms with van der Waals surface area (Å²) in [7, 11) is 0. The van der Waals surface area contributed by atoms with E-state index in [0.717, 1.165) is 19.1 Å². The molecule has 0 aliphatic heterocycles. The number of aryl methyl sites for hydroxylation is 2. The maximum absolute atomic E-state index is 12.0. The number of thiophene rings is 2. The summed E-state index contributed by atoms with van der Waals surface area (Å²) in [6, 6.07) is 5.81. The van der Waals surface area contributed by atoms with Gasteiger partial charge in [0.25, 0.3) is 0 Å². The van der Waals surface area contributed by atoms with Gasteiger partial charge in [-0.05, 0) is 53.5 Å². The van der Waals surface area contributed by atoms with E-state index in [2.05, 4.69) is 15.9 Å². The molecule has 2 aromatic heterocycles. The molecule has 0 fully saturated rings. The Labute approximate surface area is 105 Å². The van der Waals surface area contributed by atoms with E-state index in [4.69, 9.17) is 0 Å². The van der Waals surface area contributed by atoms with Gasteiger partial charge in [0.05, 0.1) is 13.5 Å². The van der Waals surface area contributed by atoms with E-state index in [-0.39, 0.29) is 5.78 Å². The molecule has 0 aliphatic carbocycles. The van der Waals surface area contributed by atoms with Crippen LogP contribution < -0.4 is 0 Å². The van der Waals surface area contributed by atoms with Crippen molar-refractivity contribution in [2.45, 2.75) is 13.8 Å². The molecule has 0 bridgehead atoms. The minimum absolute atomic E-state index is 0.131. The molecule has 0 saturated carbocycles. The van der Waals surface area contributed by atoms with Crippen LogP contribution in [0.2, 0.25) is 0 Å². The Bertz CT molecular complexity index is 491. The summed E-state index contributed by atoms with van der Waals surface area (Å²) < 4.78 is 1.04. The predicted octanol–water partition coefficient (Wildman–Crippen LogP) is 4.42. The fourth-order valence-electron chi connectivity index (χ4n) is 1.25. The third kappa shape index (κ3) is 2.22. The molecule has 0 amide bonds. The number of carbonyl (C=O) groups excluding carboxylic acids is 1. The standard InChI is InChI=1S/C11H9BrOS2/c1-6-5-9(15-11(6)12)10(13)8-4-3-7(2)14-8/h3-5H,1-2H3. The van der Waals surface area contributed by atoms with Gasteiger partial charge in [0.15, 0.2) is 0 Å². The van der Waals surface area contributed by atoms with Crippen LogP contribution in [0.3, 0.4) is 0 Å². The average molecular weight is 301 g/mol. The Morgan fingerprint density at radius 3 is 2.40 bits per heavy atom. The minimum Gasteiger partial charge on any atom is -0.287 e. The van der Waals surface area contributed by atoms with Crippen molar-refractivity contribution in [2.75, 3.05) is 0 Å². The van der Waals surface area contributed by atoms with E-state index in [1.807, 2.05) is 32.0 Å². The smallest absolute Gasteiger partial charge is 0.212 e. The van der Waals surface area contributed by atoms with E-state index < -0.39 is 0 Å². The molecule has 0 atom stereocenters. The molecule has 78 valence electrons. The maximum atomic E-state index is 12.0. The third-order valence-corrected chi connectivity index (χ3v) is 5.18. The van der Waals surface area contributed by atoms with E-state index in [9.17, 15) is 4.79 Å². The summed E-state index contributed by atoms with van der Waals surface area (Å²) in [5.74, 6) is 0.131. The van der Waals surface area contributed by atoms with Crippen LogP contribution in [-0.2, 0) is 0 Å². The van der Waals surface area contributed by atoms with Crippen LogP contribution in [0, 0.1) is 13.8 Å². The van der Waals surface area contributed by atoms with E-state index in [1.165, 1.54) is 16.2 Å². The first-order chi connectivity index (χ1) is 7.08. The summed E-state index contributed by atoms with van der Waals surface area (Å²) >= 11 is 6.48. The van der Waals surface area contributed by atoms with Crippen LogP contribution in [0.15, 0.2) is 22.0 Å². The Balaban J connectivity index is 2.36. The number of carbonyl (C=O) groups is 1. The minimum atomic E-state index is 0.131. The highest BCUT2D eigenvalue weighted by atomic mass is 79.9. The van der Waals surface area contributed by atoms with Crippen LogP contribution in [0.4, 0.5) is 0 Å². The summed E-state index contributed by atoms with van der Waals surface area (Å²) in [4.78, 5) is 14.8. The highest BCUT2D eigenvalue weighted by molar-refractivity contribution is 9.11. The largest absolute Gasteiger partial charge is 0.287 e. The van der Waals surface area contributed by atoms with Gasteiger partial charge in [0.2, 0.25) is 5.78 Å². The van der Waals surface area contributed by atoms with Crippen LogP contribution in [0.25, 0.3) is 0 Å². The molecule has 2 heterocycles. The Hall–Kier alpha value is -0.450. The summed E-state index contributed by atoms with van der Waals surface area (Å²) in [6.07, 6.45) is 0. The van der Waals surface area contributed by atoms with Crippen LogP contribution in [0.5, 0.6) is 0 Å².